The van der Waals surface area contributed by atoms with Crippen molar-refractivity contribution in [2.24, 2.45) is 5.41 Å². The average molecular weight is 655 g/mol. The van der Waals surface area contributed by atoms with Gasteiger partial charge in [-0.3, -0.25) is 4.98 Å². The van der Waals surface area contributed by atoms with Crippen LogP contribution in [-0.2, 0) is 15.6 Å². The fourth-order valence-electron chi connectivity index (χ4n) is 8.19. The van der Waals surface area contributed by atoms with Crippen LogP contribution in [0.4, 0.5) is 11.4 Å². The maximum absolute atomic E-state index is 7.25. The van der Waals surface area contributed by atoms with E-state index in [9.17, 15) is 0 Å². The molecule has 0 spiro atoms. The Hall–Kier alpha value is -4.18. The first-order chi connectivity index (χ1) is 23.2. The van der Waals surface area contributed by atoms with E-state index in [0.29, 0.717) is 0 Å². The lowest BCUT2D eigenvalue weighted by atomic mass is 9.80. The first kappa shape index (κ1) is 34.7. The maximum Gasteiger partial charge on any atom is 0.209 e. The second-order valence-electron chi connectivity index (χ2n) is 16.2. The molecule has 2 aliphatic heterocycles. The molecule has 0 fully saturated rings. The number of hydrogen-bond donors (Lipinski definition) is 0. The molecule has 0 N–H and O–H groups in total. The summed E-state index contributed by atoms with van der Waals surface area (Å²) in [5.74, 6) is 1.02. The third kappa shape index (κ3) is 6.24. The molecule has 2 aromatic carbocycles. The summed E-state index contributed by atoms with van der Waals surface area (Å²) >= 11 is 0. The van der Waals surface area contributed by atoms with E-state index in [1.54, 1.807) is 0 Å². The quantitative estimate of drug-likeness (QED) is 0.226. The van der Waals surface area contributed by atoms with Crippen LogP contribution >= 0.6 is 0 Å². The van der Waals surface area contributed by atoms with Crippen LogP contribution < -0.4 is 4.90 Å². The molecular formula is C45H56N3O+. The van der Waals surface area contributed by atoms with Gasteiger partial charge in [0.1, 0.15) is 18.4 Å². The Kier molecular flexibility index (Phi) is 9.15. The van der Waals surface area contributed by atoms with E-state index in [1.807, 2.05) is 12.4 Å². The molecule has 0 saturated carbocycles. The van der Waals surface area contributed by atoms with Crippen LogP contribution in [0.25, 0.3) is 0 Å². The van der Waals surface area contributed by atoms with Gasteiger partial charge in [0.05, 0.1) is 5.41 Å². The minimum Gasteiger partial charge on any atom is -0.485 e. The molecule has 0 bridgehead atoms. The molecule has 1 unspecified atom stereocenters. The summed E-state index contributed by atoms with van der Waals surface area (Å²) in [7, 11) is 0. The minimum absolute atomic E-state index is 0.0901. The molecule has 6 rings (SSSR count). The Morgan fingerprint density at radius 2 is 1.53 bits per heavy atom. The number of anilines is 1. The topological polar surface area (TPSA) is 28.4 Å². The average Bonchev–Trinajstić information content (AvgIpc) is 3.61. The minimum atomic E-state index is -0.125. The highest BCUT2D eigenvalue weighted by atomic mass is 16.5. The number of likely N-dealkylation sites (N-methyl/N-ethyl adjacent to an activating group) is 1. The zero-order valence-corrected chi connectivity index (χ0v) is 31.7. The SMILES string of the molecule is CCN1/C(=C/C=C2\CCC(/C=C/C3=[N+](CC)c4ccc(C)cc4C3(C)C)=C2OC(c2ccncc2)C(C)(C)C)C(C)(C)c2cc(C)ccc21. The molecule has 1 atom stereocenters. The van der Waals surface area contributed by atoms with Crippen molar-refractivity contribution in [3.05, 3.63) is 136 Å². The molecule has 4 heteroatoms. The molecule has 0 saturated heterocycles. The summed E-state index contributed by atoms with van der Waals surface area (Å²) in [6.07, 6.45) is 15.0. The number of ether oxygens (including phenoxy) is 1. The molecular weight excluding hydrogens is 599 g/mol. The molecule has 3 heterocycles. The van der Waals surface area contributed by atoms with Gasteiger partial charge in [0.15, 0.2) is 5.71 Å². The van der Waals surface area contributed by atoms with Crippen LogP contribution in [0.2, 0.25) is 0 Å². The molecule has 256 valence electrons. The van der Waals surface area contributed by atoms with Crippen LogP contribution in [0, 0.1) is 19.3 Å². The highest BCUT2D eigenvalue weighted by molar-refractivity contribution is 6.03. The summed E-state index contributed by atoms with van der Waals surface area (Å²) < 4.78 is 9.73. The van der Waals surface area contributed by atoms with Crippen molar-refractivity contribution >= 4 is 17.1 Å². The fraction of sp³-hybridized carbons (Fsp3) is 0.422. The van der Waals surface area contributed by atoms with Crippen molar-refractivity contribution in [3.63, 3.8) is 0 Å². The van der Waals surface area contributed by atoms with Crippen molar-refractivity contribution in [2.75, 3.05) is 18.0 Å². The first-order valence-corrected chi connectivity index (χ1v) is 18.2. The Morgan fingerprint density at radius 1 is 0.857 bits per heavy atom. The highest BCUT2D eigenvalue weighted by Gasteiger charge is 2.44. The van der Waals surface area contributed by atoms with Crippen LogP contribution in [0.1, 0.15) is 109 Å². The Balaban J connectivity index is 1.46. The Morgan fingerprint density at radius 3 is 2.18 bits per heavy atom. The number of pyridine rings is 1. The van der Waals surface area contributed by atoms with E-state index >= 15 is 0 Å². The number of benzene rings is 2. The lowest BCUT2D eigenvalue weighted by Gasteiger charge is -2.32. The number of allylic oxidation sites excluding steroid dienone is 7. The molecule has 1 aromatic heterocycles. The van der Waals surface area contributed by atoms with Gasteiger partial charge in [0.2, 0.25) is 5.69 Å². The predicted octanol–water partition coefficient (Wildman–Crippen LogP) is 11.1. The second-order valence-corrected chi connectivity index (χ2v) is 16.2. The smallest absolute Gasteiger partial charge is 0.209 e. The van der Waals surface area contributed by atoms with Gasteiger partial charge in [-0.05, 0) is 113 Å². The summed E-state index contributed by atoms with van der Waals surface area (Å²) in [5.41, 5.74) is 14.1. The van der Waals surface area contributed by atoms with Crippen molar-refractivity contribution in [1.82, 2.24) is 4.98 Å². The summed E-state index contributed by atoms with van der Waals surface area (Å²) in [6.45, 7) is 27.0. The van der Waals surface area contributed by atoms with Crippen LogP contribution in [0.15, 0.2) is 108 Å². The third-order valence-corrected chi connectivity index (χ3v) is 10.9. The molecule has 0 radical (unpaired) electrons. The molecule has 3 aromatic rings. The van der Waals surface area contributed by atoms with Crippen LogP contribution in [0.5, 0.6) is 0 Å². The lowest BCUT2D eigenvalue weighted by molar-refractivity contribution is -0.433. The van der Waals surface area contributed by atoms with E-state index in [1.165, 1.54) is 56.2 Å². The number of rotatable bonds is 8. The monoisotopic (exact) mass is 654 g/mol. The number of hydrogen-bond acceptors (Lipinski definition) is 3. The largest absolute Gasteiger partial charge is 0.485 e. The molecule has 4 nitrogen and oxygen atoms in total. The van der Waals surface area contributed by atoms with E-state index < -0.39 is 0 Å². The Bertz CT molecular complexity index is 1910. The standard InChI is InChI=1S/C45H56N3O/c1-12-47-37-20-14-30(3)28-35(37)44(8,9)39(47)22-18-32-16-17-33(41(32)49-42(43(5,6)7)34-24-26-46-27-25-34)19-23-40-45(10,11)36-29-31(4)15-21-38(36)48(40)13-2/h14-15,18-29,42H,12-13,16-17H2,1-11H3/q+1. The van der Waals surface area contributed by atoms with Gasteiger partial charge in [-0.25, -0.2) is 0 Å². The normalized spacial score (nSPS) is 20.6. The predicted molar refractivity (Wildman–Crippen MR) is 206 cm³/mol. The number of aromatic nitrogens is 1. The number of fused-ring (bicyclic) bond motifs is 2. The first-order valence-electron chi connectivity index (χ1n) is 18.2. The highest BCUT2D eigenvalue weighted by Crippen LogP contribution is 2.49. The van der Waals surface area contributed by atoms with Crippen molar-refractivity contribution in [2.45, 2.75) is 106 Å². The van der Waals surface area contributed by atoms with Crippen LogP contribution in [-0.4, -0.2) is 28.4 Å². The summed E-state index contributed by atoms with van der Waals surface area (Å²) in [6, 6.07) is 18.0. The molecule has 3 aliphatic rings. The summed E-state index contributed by atoms with van der Waals surface area (Å²) in [5, 5.41) is 0. The van der Waals surface area contributed by atoms with Crippen molar-refractivity contribution in [1.29, 1.82) is 0 Å². The van der Waals surface area contributed by atoms with E-state index in [4.69, 9.17) is 4.74 Å². The van der Waals surface area contributed by atoms with Gasteiger partial charge >= 0.3 is 0 Å². The maximum atomic E-state index is 7.25. The molecule has 1 aliphatic carbocycles. The van der Waals surface area contributed by atoms with E-state index in [-0.39, 0.29) is 22.3 Å². The van der Waals surface area contributed by atoms with Gasteiger partial charge in [0, 0.05) is 58.9 Å². The van der Waals surface area contributed by atoms with Crippen molar-refractivity contribution < 1.29 is 9.31 Å². The van der Waals surface area contributed by atoms with Gasteiger partial charge in [0.25, 0.3) is 0 Å². The Labute approximate surface area is 295 Å². The van der Waals surface area contributed by atoms with Gasteiger partial charge < -0.3 is 9.64 Å². The number of aryl methyl sites for hydroxylation is 2. The van der Waals surface area contributed by atoms with Gasteiger partial charge in [-0.15, -0.1) is 0 Å². The van der Waals surface area contributed by atoms with Gasteiger partial charge in [-0.2, -0.15) is 4.58 Å². The number of nitrogens with zero attached hydrogens (tertiary/aromatic N) is 3. The van der Waals surface area contributed by atoms with E-state index in [0.717, 1.165) is 37.3 Å². The zero-order chi connectivity index (χ0) is 35.3. The second kappa shape index (κ2) is 12.9. The third-order valence-electron chi connectivity index (χ3n) is 10.9. The van der Waals surface area contributed by atoms with Gasteiger partial charge in [-0.1, -0.05) is 70.0 Å². The molecule has 0 amide bonds. The zero-order valence-electron chi connectivity index (χ0n) is 31.7. The molecule has 49 heavy (non-hydrogen) atoms. The summed E-state index contributed by atoms with van der Waals surface area (Å²) in [4.78, 5) is 6.80. The van der Waals surface area contributed by atoms with E-state index in [2.05, 4.69) is 163 Å². The fourth-order valence-corrected chi connectivity index (χ4v) is 8.19. The van der Waals surface area contributed by atoms with Crippen LogP contribution in [0.3, 0.4) is 0 Å². The van der Waals surface area contributed by atoms with Crippen molar-refractivity contribution in [3.8, 4) is 0 Å². The lowest BCUT2D eigenvalue weighted by Crippen LogP contribution is -2.27.